The van der Waals surface area contributed by atoms with E-state index in [0.29, 0.717) is 15.6 Å². The molecule has 3 N–H and O–H groups in total. The summed E-state index contributed by atoms with van der Waals surface area (Å²) >= 11 is 16.3. The Morgan fingerprint density at radius 1 is 1.38 bits per heavy atom. The van der Waals surface area contributed by atoms with E-state index in [4.69, 9.17) is 41.2 Å². The van der Waals surface area contributed by atoms with Crippen LogP contribution in [0.15, 0.2) is 18.2 Å². The van der Waals surface area contributed by atoms with Crippen molar-refractivity contribution in [2.45, 2.75) is 13.0 Å². The quantitative estimate of drug-likeness (QED) is 0.834. The first-order valence-corrected chi connectivity index (χ1v) is 5.63. The molecule has 1 aromatic rings. The Kier molecular flexibility index (Phi) is 4.53. The normalized spacial score (nSPS) is 11.9. The molecule has 6 heteroatoms. The summed E-state index contributed by atoms with van der Waals surface area (Å²) in [7, 11) is 0. The first kappa shape index (κ1) is 13.2. The van der Waals surface area contributed by atoms with Crippen molar-refractivity contribution in [1.82, 2.24) is 5.32 Å². The van der Waals surface area contributed by atoms with Crippen LogP contribution >= 0.6 is 35.4 Å². The van der Waals surface area contributed by atoms with Gasteiger partial charge in [-0.1, -0.05) is 35.4 Å². The van der Waals surface area contributed by atoms with E-state index in [1.54, 1.807) is 13.0 Å². The molecular formula is C10H10Cl2N2OS. The van der Waals surface area contributed by atoms with Crippen LogP contribution in [0.3, 0.4) is 0 Å². The second kappa shape index (κ2) is 5.48. The third-order valence-corrected chi connectivity index (χ3v) is 2.69. The molecule has 0 aliphatic rings. The lowest BCUT2D eigenvalue weighted by atomic mass is 10.2. The van der Waals surface area contributed by atoms with Gasteiger partial charge in [-0.05, 0) is 25.1 Å². The van der Waals surface area contributed by atoms with Crippen LogP contribution in [0.1, 0.15) is 17.3 Å². The Morgan fingerprint density at radius 3 is 2.31 bits per heavy atom. The highest BCUT2D eigenvalue weighted by Gasteiger charge is 2.12. The highest BCUT2D eigenvalue weighted by Crippen LogP contribution is 2.18. The summed E-state index contributed by atoms with van der Waals surface area (Å²) in [6.07, 6.45) is 0. The summed E-state index contributed by atoms with van der Waals surface area (Å²) in [4.78, 5) is 11.9. The smallest absolute Gasteiger partial charge is 0.251 e. The van der Waals surface area contributed by atoms with Gasteiger partial charge in [-0.2, -0.15) is 0 Å². The number of rotatable bonds is 3. The van der Waals surface area contributed by atoms with E-state index in [9.17, 15) is 4.79 Å². The molecule has 3 nitrogen and oxygen atoms in total. The molecule has 1 rings (SSSR count). The summed E-state index contributed by atoms with van der Waals surface area (Å²) in [5.74, 6) is -0.315. The zero-order chi connectivity index (χ0) is 12.3. The lowest BCUT2D eigenvalue weighted by molar-refractivity contribution is 0.0949. The Labute approximate surface area is 109 Å². The van der Waals surface area contributed by atoms with Gasteiger partial charge >= 0.3 is 0 Å². The van der Waals surface area contributed by atoms with E-state index in [-0.39, 0.29) is 16.9 Å². The SMILES string of the molecule is CC(NC(=O)c1cc(Cl)cc(Cl)c1)C(N)=S. The zero-order valence-electron chi connectivity index (χ0n) is 8.46. The third-order valence-electron chi connectivity index (χ3n) is 1.90. The largest absolute Gasteiger partial charge is 0.392 e. The maximum atomic E-state index is 11.7. The first-order chi connectivity index (χ1) is 7.40. The number of hydrogen-bond acceptors (Lipinski definition) is 2. The summed E-state index contributed by atoms with van der Waals surface area (Å²) in [5, 5.41) is 3.43. The fourth-order valence-electron chi connectivity index (χ4n) is 1.04. The second-order valence-electron chi connectivity index (χ2n) is 3.26. The maximum absolute atomic E-state index is 11.7. The van der Waals surface area contributed by atoms with Crippen LogP contribution in [0.2, 0.25) is 10.0 Å². The molecule has 0 saturated heterocycles. The number of benzene rings is 1. The van der Waals surface area contributed by atoms with Crippen molar-refractivity contribution < 1.29 is 4.79 Å². The number of nitrogens with two attached hydrogens (primary N) is 1. The summed E-state index contributed by atoms with van der Waals surface area (Å²) in [6, 6.07) is 4.22. The van der Waals surface area contributed by atoms with Gasteiger partial charge in [0.2, 0.25) is 0 Å². The molecule has 0 aliphatic carbocycles. The number of carbonyl (C=O) groups excluding carboxylic acids is 1. The van der Waals surface area contributed by atoms with Gasteiger partial charge in [-0.25, -0.2) is 0 Å². The van der Waals surface area contributed by atoms with E-state index < -0.39 is 0 Å². The molecule has 0 aliphatic heterocycles. The summed E-state index contributed by atoms with van der Waals surface area (Å²) in [6.45, 7) is 1.70. The minimum Gasteiger partial charge on any atom is -0.392 e. The van der Waals surface area contributed by atoms with Gasteiger partial charge in [0.25, 0.3) is 5.91 Å². The monoisotopic (exact) mass is 276 g/mol. The van der Waals surface area contributed by atoms with Crippen LogP contribution in [-0.4, -0.2) is 16.9 Å². The molecule has 1 atom stereocenters. The standard InChI is InChI=1S/C10H10Cl2N2OS/c1-5(9(13)16)14-10(15)6-2-7(11)4-8(12)3-6/h2-5H,1H3,(H2,13,16)(H,14,15). The predicted octanol–water partition coefficient (Wildman–Crippen LogP) is 2.40. The molecule has 1 unspecified atom stereocenters. The van der Waals surface area contributed by atoms with Gasteiger partial charge in [0.1, 0.15) is 0 Å². The molecule has 0 radical (unpaired) electrons. The molecule has 1 aromatic carbocycles. The van der Waals surface area contributed by atoms with Crippen molar-refractivity contribution in [2.24, 2.45) is 5.73 Å². The Hall–Kier alpha value is -0.840. The molecule has 1 amide bonds. The Morgan fingerprint density at radius 2 is 1.88 bits per heavy atom. The van der Waals surface area contributed by atoms with Crippen LogP contribution in [0.4, 0.5) is 0 Å². The van der Waals surface area contributed by atoms with Gasteiger partial charge in [-0.15, -0.1) is 0 Å². The second-order valence-corrected chi connectivity index (χ2v) is 4.60. The van der Waals surface area contributed by atoms with Crippen molar-refractivity contribution in [1.29, 1.82) is 0 Å². The molecule has 0 bridgehead atoms. The fraction of sp³-hybridized carbons (Fsp3) is 0.200. The molecule has 0 fully saturated rings. The average molecular weight is 277 g/mol. The highest BCUT2D eigenvalue weighted by atomic mass is 35.5. The summed E-state index contributed by atoms with van der Waals surface area (Å²) < 4.78 is 0. The number of hydrogen-bond donors (Lipinski definition) is 2. The van der Waals surface area contributed by atoms with E-state index >= 15 is 0 Å². The van der Waals surface area contributed by atoms with Gasteiger partial charge in [-0.3, -0.25) is 4.79 Å². The number of carbonyl (C=O) groups is 1. The van der Waals surface area contributed by atoms with Crippen LogP contribution in [0, 0.1) is 0 Å². The van der Waals surface area contributed by atoms with Gasteiger partial charge in [0.15, 0.2) is 0 Å². The lowest BCUT2D eigenvalue weighted by Crippen LogP contribution is -2.41. The Balaban J connectivity index is 2.84. The molecule has 0 spiro atoms. The third kappa shape index (κ3) is 3.63. The molecular weight excluding hydrogens is 267 g/mol. The lowest BCUT2D eigenvalue weighted by Gasteiger charge is -2.12. The van der Waals surface area contributed by atoms with Crippen molar-refractivity contribution in [3.8, 4) is 0 Å². The van der Waals surface area contributed by atoms with E-state index in [1.807, 2.05) is 0 Å². The van der Waals surface area contributed by atoms with Crippen LogP contribution < -0.4 is 11.1 Å². The van der Waals surface area contributed by atoms with Crippen molar-refractivity contribution in [3.05, 3.63) is 33.8 Å². The average Bonchev–Trinajstić information content (AvgIpc) is 2.15. The van der Waals surface area contributed by atoms with E-state index in [2.05, 4.69) is 5.32 Å². The van der Waals surface area contributed by atoms with Crippen LogP contribution in [0.25, 0.3) is 0 Å². The maximum Gasteiger partial charge on any atom is 0.251 e. The molecule has 86 valence electrons. The Bertz CT molecular complexity index is 417. The topological polar surface area (TPSA) is 55.1 Å². The van der Waals surface area contributed by atoms with Crippen molar-refractivity contribution >= 4 is 46.3 Å². The van der Waals surface area contributed by atoms with Crippen molar-refractivity contribution in [3.63, 3.8) is 0 Å². The molecule has 0 aromatic heterocycles. The van der Waals surface area contributed by atoms with Gasteiger partial charge in [0.05, 0.1) is 11.0 Å². The summed E-state index contributed by atoms with van der Waals surface area (Å²) in [5.41, 5.74) is 5.76. The number of thiocarbonyl (C=S) groups is 1. The highest BCUT2D eigenvalue weighted by molar-refractivity contribution is 7.80. The fourth-order valence-corrected chi connectivity index (χ4v) is 1.62. The molecule has 16 heavy (non-hydrogen) atoms. The molecule has 0 saturated carbocycles. The van der Waals surface area contributed by atoms with Crippen LogP contribution in [-0.2, 0) is 0 Å². The number of amides is 1. The number of nitrogens with one attached hydrogen (secondary N) is 1. The first-order valence-electron chi connectivity index (χ1n) is 4.46. The molecule has 0 heterocycles. The van der Waals surface area contributed by atoms with E-state index in [1.165, 1.54) is 12.1 Å². The predicted molar refractivity (Wildman–Crippen MR) is 70.2 cm³/mol. The van der Waals surface area contributed by atoms with E-state index in [0.717, 1.165) is 0 Å². The minimum absolute atomic E-state index is 0.224. The van der Waals surface area contributed by atoms with Gasteiger partial charge < -0.3 is 11.1 Å². The van der Waals surface area contributed by atoms with Crippen molar-refractivity contribution in [2.75, 3.05) is 0 Å². The minimum atomic E-state index is -0.375. The van der Waals surface area contributed by atoms with Gasteiger partial charge in [0, 0.05) is 15.6 Å². The zero-order valence-corrected chi connectivity index (χ0v) is 10.8. The number of halogens is 2. The van der Waals surface area contributed by atoms with Crippen LogP contribution in [0.5, 0.6) is 0 Å².